The number of benzene rings is 3. The average molecular weight is 291 g/mol. The molecule has 0 saturated heterocycles. The maximum atomic E-state index is 11.6. The number of rotatable bonds is 3. The second kappa shape index (κ2) is 5.69. The zero-order chi connectivity index (χ0) is 15.5. The zero-order valence-electron chi connectivity index (χ0n) is 11.6. The van der Waals surface area contributed by atoms with E-state index in [-0.39, 0.29) is 16.4 Å². The van der Waals surface area contributed by atoms with E-state index in [0.29, 0.717) is 16.7 Å². The molecular formula is C18H13NO3. The predicted octanol–water partition coefficient (Wildman–Crippen LogP) is 4.63. The molecule has 3 rings (SSSR count). The first-order chi connectivity index (χ1) is 10.7. The number of hydrogen-bond donors (Lipinski definition) is 1. The Labute approximate surface area is 127 Å². The topological polar surface area (TPSA) is 63.4 Å². The molecule has 0 unspecified atom stereocenters. The summed E-state index contributed by atoms with van der Waals surface area (Å²) >= 11 is 0. The second-order valence-electron chi connectivity index (χ2n) is 4.87. The van der Waals surface area contributed by atoms with Crippen LogP contribution in [0.3, 0.4) is 0 Å². The minimum Gasteiger partial charge on any atom is -0.508 e. The summed E-state index contributed by atoms with van der Waals surface area (Å²) in [6.45, 7) is 0. The van der Waals surface area contributed by atoms with Crippen LogP contribution in [0.1, 0.15) is 0 Å². The normalized spacial score (nSPS) is 10.4. The lowest BCUT2D eigenvalue weighted by atomic mass is 9.96. The van der Waals surface area contributed by atoms with Gasteiger partial charge in [0.25, 0.3) is 5.69 Å². The van der Waals surface area contributed by atoms with Crippen molar-refractivity contribution < 1.29 is 10.0 Å². The molecule has 0 aliphatic carbocycles. The van der Waals surface area contributed by atoms with E-state index >= 15 is 0 Å². The van der Waals surface area contributed by atoms with Gasteiger partial charge in [0.15, 0.2) is 0 Å². The van der Waals surface area contributed by atoms with Gasteiger partial charge < -0.3 is 5.11 Å². The Morgan fingerprint density at radius 2 is 1.27 bits per heavy atom. The van der Waals surface area contributed by atoms with Crippen molar-refractivity contribution in [1.29, 1.82) is 0 Å². The van der Waals surface area contributed by atoms with Crippen LogP contribution in [-0.4, -0.2) is 10.0 Å². The van der Waals surface area contributed by atoms with Gasteiger partial charge in [0.1, 0.15) is 5.75 Å². The summed E-state index contributed by atoms with van der Waals surface area (Å²) < 4.78 is 0. The van der Waals surface area contributed by atoms with Crippen molar-refractivity contribution >= 4 is 5.69 Å². The maximum Gasteiger partial charge on any atom is 0.284 e. The van der Waals surface area contributed by atoms with Gasteiger partial charge in [-0.2, -0.15) is 0 Å². The second-order valence-corrected chi connectivity index (χ2v) is 4.87. The Morgan fingerprint density at radius 3 is 1.82 bits per heavy atom. The van der Waals surface area contributed by atoms with Crippen LogP contribution >= 0.6 is 0 Å². The summed E-state index contributed by atoms with van der Waals surface area (Å²) in [7, 11) is 0. The van der Waals surface area contributed by atoms with Crippen LogP contribution in [0.15, 0.2) is 72.8 Å². The van der Waals surface area contributed by atoms with E-state index in [1.165, 1.54) is 12.1 Å². The molecule has 3 aromatic rings. The zero-order valence-corrected chi connectivity index (χ0v) is 11.6. The minimum atomic E-state index is -0.357. The summed E-state index contributed by atoms with van der Waals surface area (Å²) in [6, 6.07) is 20.9. The third-order valence-electron chi connectivity index (χ3n) is 3.48. The smallest absolute Gasteiger partial charge is 0.284 e. The number of aromatic hydroxyl groups is 1. The first kappa shape index (κ1) is 13.8. The van der Waals surface area contributed by atoms with Crippen LogP contribution in [0.4, 0.5) is 5.69 Å². The van der Waals surface area contributed by atoms with Gasteiger partial charge in [0, 0.05) is 0 Å². The van der Waals surface area contributed by atoms with Crippen molar-refractivity contribution in [2.24, 2.45) is 0 Å². The molecule has 4 heteroatoms. The van der Waals surface area contributed by atoms with Crippen LogP contribution in [-0.2, 0) is 0 Å². The minimum absolute atomic E-state index is 0.0689. The van der Waals surface area contributed by atoms with E-state index in [4.69, 9.17) is 0 Å². The average Bonchev–Trinajstić information content (AvgIpc) is 2.55. The van der Waals surface area contributed by atoms with E-state index in [2.05, 4.69) is 0 Å². The Balaban J connectivity index is 2.24. The fraction of sp³-hybridized carbons (Fsp3) is 0. The molecule has 22 heavy (non-hydrogen) atoms. The van der Waals surface area contributed by atoms with Gasteiger partial charge in [0.05, 0.1) is 16.1 Å². The summed E-state index contributed by atoms with van der Waals surface area (Å²) in [4.78, 5) is 11.3. The van der Waals surface area contributed by atoms with Crippen LogP contribution in [0.25, 0.3) is 22.3 Å². The largest absolute Gasteiger partial charge is 0.508 e. The number of phenols is 1. The Hall–Kier alpha value is -3.14. The molecule has 0 heterocycles. The lowest BCUT2D eigenvalue weighted by Crippen LogP contribution is -1.95. The van der Waals surface area contributed by atoms with E-state index in [0.717, 1.165) is 5.56 Å². The molecule has 3 aromatic carbocycles. The summed E-state index contributed by atoms with van der Waals surface area (Å²) in [5, 5.41) is 21.0. The van der Waals surface area contributed by atoms with Gasteiger partial charge in [-0.15, -0.1) is 0 Å². The standard InChI is InChI=1S/C18H13NO3/c20-15-11-9-14(10-12-15)17-8-4-7-16(18(17)19(21)22)13-5-2-1-3-6-13/h1-12,20H. The van der Waals surface area contributed by atoms with Crippen LogP contribution in [0.5, 0.6) is 5.75 Å². The predicted molar refractivity (Wildman–Crippen MR) is 85.6 cm³/mol. The molecule has 0 atom stereocenters. The first-order valence-electron chi connectivity index (χ1n) is 6.79. The summed E-state index contributed by atoms with van der Waals surface area (Å²) in [5.74, 6) is 0.130. The molecule has 0 aliphatic heterocycles. The fourth-order valence-corrected chi connectivity index (χ4v) is 2.46. The Bertz CT molecular complexity index is 811. The molecule has 0 saturated carbocycles. The molecule has 4 nitrogen and oxygen atoms in total. The van der Waals surface area contributed by atoms with Gasteiger partial charge in [0.2, 0.25) is 0 Å². The molecule has 0 bridgehead atoms. The maximum absolute atomic E-state index is 11.6. The summed E-state index contributed by atoms with van der Waals surface area (Å²) in [5.41, 5.74) is 2.68. The highest BCUT2D eigenvalue weighted by Crippen LogP contribution is 2.38. The number of nitrogens with zero attached hydrogens (tertiary/aromatic N) is 1. The van der Waals surface area contributed by atoms with Crippen LogP contribution in [0.2, 0.25) is 0 Å². The van der Waals surface area contributed by atoms with Gasteiger partial charge in [-0.05, 0) is 35.4 Å². The Kier molecular flexibility index (Phi) is 3.58. The molecule has 0 aromatic heterocycles. The van der Waals surface area contributed by atoms with Gasteiger partial charge in [-0.25, -0.2) is 0 Å². The van der Waals surface area contributed by atoms with E-state index in [9.17, 15) is 15.2 Å². The highest BCUT2D eigenvalue weighted by Gasteiger charge is 2.21. The molecule has 0 aliphatic rings. The van der Waals surface area contributed by atoms with Gasteiger partial charge in [-0.1, -0.05) is 48.5 Å². The Morgan fingerprint density at radius 1 is 0.727 bits per heavy atom. The first-order valence-corrected chi connectivity index (χ1v) is 6.79. The number of para-hydroxylation sites is 1. The molecule has 0 radical (unpaired) electrons. The van der Waals surface area contributed by atoms with Crippen LogP contribution < -0.4 is 0 Å². The van der Waals surface area contributed by atoms with Crippen molar-refractivity contribution in [3.8, 4) is 28.0 Å². The molecule has 0 fully saturated rings. The number of hydrogen-bond acceptors (Lipinski definition) is 3. The molecular weight excluding hydrogens is 278 g/mol. The quantitative estimate of drug-likeness (QED) is 0.565. The molecule has 1 N–H and O–H groups in total. The lowest BCUT2D eigenvalue weighted by Gasteiger charge is -2.08. The third kappa shape index (κ3) is 2.54. The SMILES string of the molecule is O=[N+]([O-])c1c(-c2ccccc2)cccc1-c1ccc(O)cc1. The van der Waals surface area contributed by atoms with Gasteiger partial charge >= 0.3 is 0 Å². The van der Waals surface area contributed by atoms with Crippen molar-refractivity contribution in [2.45, 2.75) is 0 Å². The number of nitro groups is 1. The summed E-state index contributed by atoms with van der Waals surface area (Å²) in [6.07, 6.45) is 0. The molecule has 0 amide bonds. The molecule has 0 spiro atoms. The van der Waals surface area contributed by atoms with E-state index in [1.807, 2.05) is 30.3 Å². The lowest BCUT2D eigenvalue weighted by molar-refractivity contribution is -0.383. The van der Waals surface area contributed by atoms with Crippen molar-refractivity contribution in [2.75, 3.05) is 0 Å². The van der Waals surface area contributed by atoms with Crippen molar-refractivity contribution in [3.63, 3.8) is 0 Å². The molecule has 108 valence electrons. The highest BCUT2D eigenvalue weighted by molar-refractivity contribution is 5.86. The third-order valence-corrected chi connectivity index (χ3v) is 3.48. The van der Waals surface area contributed by atoms with E-state index < -0.39 is 0 Å². The van der Waals surface area contributed by atoms with E-state index in [1.54, 1.807) is 30.3 Å². The van der Waals surface area contributed by atoms with Gasteiger partial charge in [-0.3, -0.25) is 10.1 Å². The number of phenolic OH excluding ortho intramolecular Hbond substituents is 1. The van der Waals surface area contributed by atoms with Crippen LogP contribution in [0, 0.1) is 10.1 Å². The fourth-order valence-electron chi connectivity index (χ4n) is 2.46. The number of nitro benzene ring substituents is 1. The highest BCUT2D eigenvalue weighted by atomic mass is 16.6. The van der Waals surface area contributed by atoms with Crippen molar-refractivity contribution in [3.05, 3.63) is 82.9 Å². The monoisotopic (exact) mass is 291 g/mol. The van der Waals surface area contributed by atoms with Crippen molar-refractivity contribution in [1.82, 2.24) is 0 Å².